The third-order valence-corrected chi connectivity index (χ3v) is 4.27. The molecule has 3 aromatic rings. The fourth-order valence-electron chi connectivity index (χ4n) is 2.93. The van der Waals surface area contributed by atoms with Gasteiger partial charge in [-0.1, -0.05) is 72.3 Å². The topological polar surface area (TPSA) is 47.7 Å². The van der Waals surface area contributed by atoms with Crippen LogP contribution in [0.1, 0.15) is 27.8 Å². The number of hydrogen-bond acceptors (Lipinski definition) is 2. The van der Waals surface area contributed by atoms with E-state index in [4.69, 9.17) is 10.8 Å². The van der Waals surface area contributed by atoms with Crippen LogP contribution in [0.25, 0.3) is 11.1 Å². The first-order chi connectivity index (χ1) is 11.6. The van der Waals surface area contributed by atoms with Gasteiger partial charge in [-0.25, -0.2) is 0 Å². The van der Waals surface area contributed by atoms with Crippen molar-refractivity contribution < 1.29 is 0 Å². The summed E-state index contributed by atoms with van der Waals surface area (Å²) in [6.07, 6.45) is 1.39. The second kappa shape index (κ2) is 6.63. The molecule has 4 rings (SSSR count). The van der Waals surface area contributed by atoms with Crippen LogP contribution >= 0.6 is 0 Å². The minimum atomic E-state index is 0.649. The van der Waals surface area contributed by atoms with Crippen LogP contribution in [0, 0.1) is 24.7 Å². The molecule has 0 aliphatic heterocycles. The molecule has 3 aromatic carbocycles. The van der Waals surface area contributed by atoms with Crippen molar-refractivity contribution in [3.05, 3.63) is 94.5 Å². The van der Waals surface area contributed by atoms with Crippen LogP contribution in [-0.4, -0.2) is 11.9 Å². The number of aryl methyl sites for hydroxylation is 2. The van der Waals surface area contributed by atoms with Gasteiger partial charge in [0.25, 0.3) is 0 Å². The molecule has 1 aliphatic rings. The highest BCUT2D eigenvalue weighted by Gasteiger charge is 2.21. The number of nitrogens with one attached hydrogen (secondary N) is 2. The highest BCUT2D eigenvalue weighted by molar-refractivity contribution is 6.22. The van der Waals surface area contributed by atoms with E-state index in [0.29, 0.717) is 5.71 Å². The number of hydrogen-bond donors (Lipinski definition) is 2. The van der Waals surface area contributed by atoms with Crippen LogP contribution in [0.4, 0.5) is 0 Å². The quantitative estimate of drug-likeness (QED) is 0.443. The van der Waals surface area contributed by atoms with Gasteiger partial charge in [-0.05, 0) is 36.1 Å². The maximum atomic E-state index is 8.01. The van der Waals surface area contributed by atoms with Gasteiger partial charge in [-0.3, -0.25) is 5.41 Å². The van der Waals surface area contributed by atoms with Crippen LogP contribution in [0.3, 0.4) is 0 Å². The fraction of sp³-hybridized carbons (Fsp3) is 0.0909. The third-order valence-electron chi connectivity index (χ3n) is 4.27. The molecule has 2 N–H and O–H groups in total. The van der Waals surface area contributed by atoms with E-state index >= 15 is 0 Å². The van der Waals surface area contributed by atoms with E-state index in [1.54, 1.807) is 0 Å². The molecular weight excluding hydrogens is 292 g/mol. The summed E-state index contributed by atoms with van der Waals surface area (Å²) in [6.45, 7) is 4.05. The Morgan fingerprint density at radius 3 is 1.67 bits per heavy atom. The van der Waals surface area contributed by atoms with Gasteiger partial charge in [-0.15, -0.1) is 0 Å². The van der Waals surface area contributed by atoms with Crippen LogP contribution in [0.2, 0.25) is 0 Å². The van der Waals surface area contributed by atoms with Crippen molar-refractivity contribution in [3.8, 4) is 11.1 Å². The standard InChI is InChI=1S/C13H9N.C9H11N/c14-13-11-7-3-1-5-9(11)10-6-2-4-8-12(10)13;1-7-3-4-8(2)9(5-7)6-10/h1-8,14H;3-6,10H,1-2H3. The Balaban J connectivity index is 0.000000150. The van der Waals surface area contributed by atoms with E-state index in [0.717, 1.165) is 16.7 Å². The lowest BCUT2D eigenvalue weighted by molar-refractivity contribution is 1.37. The zero-order valence-corrected chi connectivity index (χ0v) is 13.9. The first-order valence-electron chi connectivity index (χ1n) is 7.97. The van der Waals surface area contributed by atoms with Crippen LogP contribution in [0.15, 0.2) is 66.7 Å². The zero-order chi connectivity index (χ0) is 17.1. The Labute approximate surface area is 142 Å². The van der Waals surface area contributed by atoms with Gasteiger partial charge in [0, 0.05) is 17.3 Å². The smallest absolute Gasteiger partial charge is 0.0697 e. The second-order valence-electron chi connectivity index (χ2n) is 5.97. The van der Waals surface area contributed by atoms with E-state index < -0.39 is 0 Å². The van der Waals surface area contributed by atoms with E-state index in [-0.39, 0.29) is 0 Å². The maximum absolute atomic E-state index is 8.01. The molecule has 0 saturated heterocycles. The van der Waals surface area contributed by atoms with Crippen molar-refractivity contribution in [3.63, 3.8) is 0 Å². The van der Waals surface area contributed by atoms with Gasteiger partial charge in [0.15, 0.2) is 0 Å². The van der Waals surface area contributed by atoms with E-state index in [1.165, 1.54) is 28.5 Å². The van der Waals surface area contributed by atoms with Crippen LogP contribution < -0.4 is 0 Å². The number of rotatable bonds is 1. The van der Waals surface area contributed by atoms with Crippen molar-refractivity contribution >= 4 is 11.9 Å². The molecule has 0 fully saturated rings. The van der Waals surface area contributed by atoms with Gasteiger partial charge in [0.2, 0.25) is 0 Å². The van der Waals surface area contributed by atoms with E-state index in [2.05, 4.69) is 18.2 Å². The summed E-state index contributed by atoms with van der Waals surface area (Å²) in [4.78, 5) is 0. The highest BCUT2D eigenvalue weighted by Crippen LogP contribution is 2.35. The van der Waals surface area contributed by atoms with Gasteiger partial charge in [0.05, 0.1) is 5.71 Å². The molecule has 0 bridgehead atoms. The molecule has 0 amide bonds. The van der Waals surface area contributed by atoms with Gasteiger partial charge in [0.1, 0.15) is 0 Å². The molecule has 0 heterocycles. The van der Waals surface area contributed by atoms with Gasteiger partial charge in [-0.2, -0.15) is 0 Å². The van der Waals surface area contributed by atoms with Crippen molar-refractivity contribution in [2.75, 3.05) is 0 Å². The minimum Gasteiger partial charge on any atom is -0.308 e. The molecule has 0 unspecified atom stereocenters. The Bertz CT molecular complexity index is 875. The molecular formula is C22H20N2. The zero-order valence-electron chi connectivity index (χ0n) is 13.9. The van der Waals surface area contributed by atoms with Crippen LogP contribution in [-0.2, 0) is 0 Å². The van der Waals surface area contributed by atoms with E-state index in [9.17, 15) is 0 Å². The fourth-order valence-corrected chi connectivity index (χ4v) is 2.93. The maximum Gasteiger partial charge on any atom is 0.0697 e. The second-order valence-corrected chi connectivity index (χ2v) is 5.97. The summed E-state index contributed by atoms with van der Waals surface area (Å²) in [5.41, 5.74) is 8.52. The monoisotopic (exact) mass is 312 g/mol. The Morgan fingerprint density at radius 1 is 0.708 bits per heavy atom. The minimum absolute atomic E-state index is 0.649. The molecule has 0 spiro atoms. The Kier molecular flexibility index (Phi) is 4.39. The molecule has 0 aromatic heterocycles. The summed E-state index contributed by atoms with van der Waals surface area (Å²) in [7, 11) is 0. The lowest BCUT2D eigenvalue weighted by Gasteiger charge is -1.98. The lowest BCUT2D eigenvalue weighted by atomic mass is 10.1. The lowest BCUT2D eigenvalue weighted by Crippen LogP contribution is -1.93. The van der Waals surface area contributed by atoms with Crippen molar-refractivity contribution in [1.29, 1.82) is 10.8 Å². The predicted molar refractivity (Wildman–Crippen MR) is 102 cm³/mol. The summed E-state index contributed by atoms with van der Waals surface area (Å²) in [5, 5.41) is 15.1. The number of benzene rings is 3. The molecule has 0 atom stereocenters. The average Bonchev–Trinajstić information content (AvgIpc) is 2.91. The average molecular weight is 312 g/mol. The first kappa shape index (κ1) is 15.9. The number of fused-ring (bicyclic) bond motifs is 3. The normalized spacial score (nSPS) is 11.2. The summed E-state index contributed by atoms with van der Waals surface area (Å²) >= 11 is 0. The Morgan fingerprint density at radius 2 is 1.21 bits per heavy atom. The SMILES string of the molecule is Cc1ccc(C)c(C=N)c1.N=C1c2ccccc2-c2ccccc21. The third kappa shape index (κ3) is 2.91. The van der Waals surface area contributed by atoms with Crippen molar-refractivity contribution in [1.82, 2.24) is 0 Å². The Hall–Kier alpha value is -3.00. The largest absolute Gasteiger partial charge is 0.308 e. The summed E-state index contributed by atoms with van der Waals surface area (Å²) < 4.78 is 0. The van der Waals surface area contributed by atoms with Gasteiger partial charge >= 0.3 is 0 Å². The molecule has 0 saturated carbocycles. The highest BCUT2D eigenvalue weighted by atomic mass is 14.5. The van der Waals surface area contributed by atoms with Crippen molar-refractivity contribution in [2.24, 2.45) is 0 Å². The summed E-state index contributed by atoms with van der Waals surface area (Å²) in [5.74, 6) is 0. The van der Waals surface area contributed by atoms with Crippen LogP contribution in [0.5, 0.6) is 0 Å². The molecule has 118 valence electrons. The van der Waals surface area contributed by atoms with E-state index in [1.807, 2.05) is 62.4 Å². The molecule has 2 nitrogen and oxygen atoms in total. The van der Waals surface area contributed by atoms with Gasteiger partial charge < -0.3 is 5.41 Å². The molecule has 0 radical (unpaired) electrons. The molecule has 1 aliphatic carbocycles. The molecule has 24 heavy (non-hydrogen) atoms. The predicted octanol–water partition coefficient (Wildman–Crippen LogP) is 5.38. The molecule has 2 heteroatoms. The summed E-state index contributed by atoms with van der Waals surface area (Å²) in [6, 6.07) is 22.3. The van der Waals surface area contributed by atoms with Crippen molar-refractivity contribution in [2.45, 2.75) is 13.8 Å². The first-order valence-corrected chi connectivity index (χ1v) is 7.97.